The molecule has 1 aromatic rings. The quantitative estimate of drug-likeness (QED) is 0.788. The van der Waals surface area contributed by atoms with Crippen LogP contribution in [-0.4, -0.2) is 15.5 Å². The molecule has 1 aromatic carbocycles. The average Bonchev–Trinajstić information content (AvgIpc) is 2.11. The van der Waals surface area contributed by atoms with Gasteiger partial charge in [-0.15, -0.1) is 3.89 Å². The van der Waals surface area contributed by atoms with Crippen molar-refractivity contribution in [2.45, 2.75) is 18.7 Å². The molecular formula is C9H10BrFO3S. The highest BCUT2D eigenvalue weighted by Crippen LogP contribution is 2.35. The van der Waals surface area contributed by atoms with Crippen molar-refractivity contribution >= 4 is 26.2 Å². The second-order valence-electron chi connectivity index (χ2n) is 3.10. The first-order chi connectivity index (χ1) is 6.79. The van der Waals surface area contributed by atoms with E-state index < -0.39 is 15.1 Å². The van der Waals surface area contributed by atoms with Gasteiger partial charge in [-0.05, 0) is 31.0 Å². The zero-order valence-electron chi connectivity index (χ0n) is 8.47. The highest BCUT2D eigenvalue weighted by Gasteiger charge is 2.23. The van der Waals surface area contributed by atoms with Crippen LogP contribution in [0.3, 0.4) is 0 Å². The Labute approximate surface area is 96.6 Å². The molecule has 0 aliphatic rings. The topological polar surface area (TPSA) is 43.4 Å². The number of rotatable bonds is 2. The van der Waals surface area contributed by atoms with Crippen molar-refractivity contribution < 1.29 is 17.0 Å². The summed E-state index contributed by atoms with van der Waals surface area (Å²) in [7, 11) is -3.47. The fraction of sp³-hybridized carbons (Fsp3) is 0.333. The van der Waals surface area contributed by atoms with E-state index in [9.17, 15) is 12.3 Å². The molecule has 0 heterocycles. The molecule has 0 aliphatic carbocycles. The molecule has 1 rings (SSSR count). The number of benzene rings is 1. The summed E-state index contributed by atoms with van der Waals surface area (Å²) in [6.07, 6.45) is 0. The Morgan fingerprint density at radius 1 is 1.40 bits per heavy atom. The van der Waals surface area contributed by atoms with E-state index in [0.717, 1.165) is 5.56 Å². The number of ether oxygens (including phenoxy) is 1. The van der Waals surface area contributed by atoms with Crippen LogP contribution in [0.1, 0.15) is 11.1 Å². The standard InChI is InChI=1S/C9H10BrFO3S/c1-5-4-7(14-3)9(15(11,12)13)6(2)8(5)10/h4H,1-3H3. The molecule has 0 amide bonds. The zero-order valence-corrected chi connectivity index (χ0v) is 10.9. The average molecular weight is 297 g/mol. The number of aryl methyl sites for hydroxylation is 1. The van der Waals surface area contributed by atoms with E-state index in [0.29, 0.717) is 10.0 Å². The third-order valence-electron chi connectivity index (χ3n) is 2.05. The molecule has 6 heteroatoms. The molecule has 0 atom stereocenters. The number of hydrogen-bond acceptors (Lipinski definition) is 3. The minimum absolute atomic E-state index is 0.0238. The van der Waals surface area contributed by atoms with E-state index in [1.165, 1.54) is 20.1 Å². The summed E-state index contributed by atoms with van der Waals surface area (Å²) in [4.78, 5) is -0.414. The van der Waals surface area contributed by atoms with Gasteiger partial charge in [0.2, 0.25) is 0 Å². The molecule has 0 saturated carbocycles. The Morgan fingerprint density at radius 3 is 2.33 bits per heavy atom. The van der Waals surface area contributed by atoms with Gasteiger partial charge in [-0.25, -0.2) is 0 Å². The molecule has 0 unspecified atom stereocenters. The van der Waals surface area contributed by atoms with Crippen LogP contribution in [0.25, 0.3) is 0 Å². The predicted octanol–water partition coefficient (Wildman–Crippen LogP) is 2.73. The van der Waals surface area contributed by atoms with E-state index in [2.05, 4.69) is 15.9 Å². The summed E-state index contributed by atoms with van der Waals surface area (Å²) in [5, 5.41) is 0. The van der Waals surface area contributed by atoms with E-state index in [1.54, 1.807) is 6.92 Å². The van der Waals surface area contributed by atoms with Crippen molar-refractivity contribution in [3.63, 3.8) is 0 Å². The molecule has 3 nitrogen and oxygen atoms in total. The summed E-state index contributed by atoms with van der Waals surface area (Å²) in [5.74, 6) is 0.0238. The van der Waals surface area contributed by atoms with Crippen LogP contribution >= 0.6 is 15.9 Å². The van der Waals surface area contributed by atoms with Crippen molar-refractivity contribution in [3.05, 3.63) is 21.7 Å². The zero-order chi connectivity index (χ0) is 11.8. The maximum absolute atomic E-state index is 13.0. The Kier molecular flexibility index (Phi) is 3.40. The van der Waals surface area contributed by atoms with Gasteiger partial charge < -0.3 is 4.74 Å². The molecule has 0 saturated heterocycles. The van der Waals surface area contributed by atoms with Gasteiger partial charge in [-0.2, -0.15) is 8.42 Å². The van der Waals surface area contributed by atoms with Crippen LogP contribution in [0.2, 0.25) is 0 Å². The van der Waals surface area contributed by atoms with Gasteiger partial charge in [0, 0.05) is 4.47 Å². The SMILES string of the molecule is COc1cc(C)c(Br)c(C)c1S(=O)(=O)F. The van der Waals surface area contributed by atoms with Crippen LogP contribution in [-0.2, 0) is 10.2 Å². The van der Waals surface area contributed by atoms with Crippen LogP contribution < -0.4 is 4.74 Å². The van der Waals surface area contributed by atoms with Gasteiger partial charge >= 0.3 is 10.2 Å². The van der Waals surface area contributed by atoms with E-state index in [4.69, 9.17) is 4.74 Å². The lowest BCUT2D eigenvalue weighted by Gasteiger charge is -2.11. The maximum Gasteiger partial charge on any atom is 0.336 e. The monoisotopic (exact) mass is 296 g/mol. The van der Waals surface area contributed by atoms with Gasteiger partial charge in [-0.3, -0.25) is 0 Å². The van der Waals surface area contributed by atoms with Crippen molar-refractivity contribution in [2.75, 3.05) is 7.11 Å². The van der Waals surface area contributed by atoms with E-state index in [1.807, 2.05) is 0 Å². The highest BCUT2D eigenvalue weighted by atomic mass is 79.9. The maximum atomic E-state index is 13.0. The van der Waals surface area contributed by atoms with Gasteiger partial charge in [-0.1, -0.05) is 15.9 Å². The Hall–Kier alpha value is -0.620. The summed E-state index contributed by atoms with van der Waals surface area (Å²) in [6.45, 7) is 3.29. The molecule has 0 aromatic heterocycles. The van der Waals surface area contributed by atoms with Crippen molar-refractivity contribution in [1.29, 1.82) is 0 Å². The largest absolute Gasteiger partial charge is 0.495 e. The molecule has 0 radical (unpaired) electrons. The second-order valence-corrected chi connectivity index (χ2v) is 5.18. The Morgan fingerprint density at radius 2 is 1.93 bits per heavy atom. The normalized spacial score (nSPS) is 11.5. The Bertz CT molecular complexity index is 497. The van der Waals surface area contributed by atoms with E-state index >= 15 is 0 Å². The summed E-state index contributed by atoms with van der Waals surface area (Å²) in [6, 6.07) is 1.48. The fourth-order valence-electron chi connectivity index (χ4n) is 1.36. The Balaban J connectivity index is 3.70. The van der Waals surface area contributed by atoms with Gasteiger partial charge in [0.05, 0.1) is 7.11 Å². The molecule has 0 bridgehead atoms. The number of methoxy groups -OCH3 is 1. The minimum atomic E-state index is -4.77. The predicted molar refractivity (Wildman–Crippen MR) is 58.5 cm³/mol. The first-order valence-electron chi connectivity index (χ1n) is 4.07. The third-order valence-corrected chi connectivity index (χ3v) is 4.27. The molecule has 0 N–H and O–H groups in total. The second kappa shape index (κ2) is 4.09. The smallest absolute Gasteiger partial charge is 0.336 e. The number of halogens is 2. The third kappa shape index (κ3) is 2.31. The van der Waals surface area contributed by atoms with Crippen LogP contribution in [0, 0.1) is 13.8 Å². The van der Waals surface area contributed by atoms with Crippen LogP contribution in [0.15, 0.2) is 15.4 Å². The lowest BCUT2D eigenvalue weighted by Crippen LogP contribution is -2.02. The molecule has 84 valence electrons. The number of hydrogen-bond donors (Lipinski definition) is 0. The summed E-state index contributed by atoms with van der Waals surface area (Å²) >= 11 is 3.20. The van der Waals surface area contributed by atoms with Gasteiger partial charge in [0.1, 0.15) is 10.6 Å². The fourth-order valence-corrected chi connectivity index (χ4v) is 2.65. The highest BCUT2D eigenvalue weighted by molar-refractivity contribution is 9.10. The molecule has 0 aliphatic heterocycles. The van der Waals surface area contributed by atoms with Crippen LogP contribution in [0.4, 0.5) is 3.89 Å². The van der Waals surface area contributed by atoms with Crippen LogP contribution in [0.5, 0.6) is 5.75 Å². The van der Waals surface area contributed by atoms with Gasteiger partial charge in [0.25, 0.3) is 0 Å². The molecular weight excluding hydrogens is 287 g/mol. The summed E-state index contributed by atoms with van der Waals surface area (Å²) < 4.78 is 40.3. The van der Waals surface area contributed by atoms with Gasteiger partial charge in [0.15, 0.2) is 0 Å². The molecule has 0 fully saturated rings. The van der Waals surface area contributed by atoms with Crippen molar-refractivity contribution in [2.24, 2.45) is 0 Å². The lowest BCUT2D eigenvalue weighted by atomic mass is 10.1. The first kappa shape index (κ1) is 12.4. The minimum Gasteiger partial charge on any atom is -0.495 e. The van der Waals surface area contributed by atoms with Crippen molar-refractivity contribution in [3.8, 4) is 5.75 Å². The van der Waals surface area contributed by atoms with Crippen molar-refractivity contribution in [1.82, 2.24) is 0 Å². The molecule has 0 spiro atoms. The first-order valence-corrected chi connectivity index (χ1v) is 6.25. The summed E-state index contributed by atoms with van der Waals surface area (Å²) in [5.41, 5.74) is 1.10. The molecule has 15 heavy (non-hydrogen) atoms. The van der Waals surface area contributed by atoms with E-state index in [-0.39, 0.29) is 5.75 Å². The lowest BCUT2D eigenvalue weighted by molar-refractivity contribution is 0.400.